The first-order valence-corrected chi connectivity index (χ1v) is 7.26. The molecular formula is C14H17BrF3N. The molecular weight excluding hydrogens is 319 g/mol. The van der Waals surface area contributed by atoms with Crippen molar-refractivity contribution in [3.8, 4) is 0 Å². The Morgan fingerprint density at radius 2 is 1.89 bits per heavy atom. The highest BCUT2D eigenvalue weighted by molar-refractivity contribution is 9.10. The molecule has 1 saturated carbocycles. The van der Waals surface area contributed by atoms with Gasteiger partial charge in [0.05, 0.1) is 5.56 Å². The van der Waals surface area contributed by atoms with Gasteiger partial charge < -0.3 is 5.32 Å². The molecule has 2 rings (SSSR count). The fourth-order valence-corrected chi connectivity index (χ4v) is 3.34. The number of benzene rings is 1. The minimum atomic E-state index is -4.31. The average Bonchev–Trinajstić information content (AvgIpc) is 2.84. The SMILES string of the molecule is CNC(c1ccc(Br)cc1C(F)(F)F)C1CCCC1. The van der Waals surface area contributed by atoms with E-state index in [1.165, 1.54) is 6.07 Å². The molecule has 0 aliphatic heterocycles. The summed E-state index contributed by atoms with van der Waals surface area (Å²) in [5, 5.41) is 3.08. The fourth-order valence-electron chi connectivity index (χ4n) is 2.98. The molecule has 0 heterocycles. The van der Waals surface area contributed by atoms with Crippen LogP contribution in [0.4, 0.5) is 13.2 Å². The highest BCUT2D eigenvalue weighted by atomic mass is 79.9. The van der Waals surface area contributed by atoms with Gasteiger partial charge in [0, 0.05) is 10.5 Å². The Kier molecular flexibility index (Phi) is 4.56. The van der Waals surface area contributed by atoms with Crippen molar-refractivity contribution in [2.45, 2.75) is 37.9 Å². The van der Waals surface area contributed by atoms with E-state index in [1.54, 1.807) is 19.2 Å². The van der Waals surface area contributed by atoms with Crippen LogP contribution in [0.2, 0.25) is 0 Å². The molecule has 0 saturated heterocycles. The lowest BCUT2D eigenvalue weighted by atomic mass is 9.88. The second-order valence-corrected chi connectivity index (χ2v) is 5.96. The van der Waals surface area contributed by atoms with Crippen LogP contribution in [0.15, 0.2) is 22.7 Å². The Morgan fingerprint density at radius 3 is 2.42 bits per heavy atom. The molecule has 19 heavy (non-hydrogen) atoms. The minimum absolute atomic E-state index is 0.216. The Hall–Kier alpha value is -0.550. The average molecular weight is 336 g/mol. The lowest BCUT2D eigenvalue weighted by Crippen LogP contribution is -2.26. The maximum atomic E-state index is 13.2. The van der Waals surface area contributed by atoms with Gasteiger partial charge in [0.2, 0.25) is 0 Å². The number of nitrogens with one attached hydrogen (secondary N) is 1. The summed E-state index contributed by atoms with van der Waals surface area (Å²) < 4.78 is 40.0. The minimum Gasteiger partial charge on any atom is -0.313 e. The molecule has 1 atom stereocenters. The second-order valence-electron chi connectivity index (χ2n) is 5.04. The molecule has 1 aliphatic rings. The molecule has 0 amide bonds. The van der Waals surface area contributed by atoms with Crippen LogP contribution < -0.4 is 5.32 Å². The van der Waals surface area contributed by atoms with Crippen molar-refractivity contribution in [1.82, 2.24) is 5.32 Å². The molecule has 1 N–H and O–H groups in total. The number of alkyl halides is 3. The summed E-state index contributed by atoms with van der Waals surface area (Å²) in [5.74, 6) is 0.298. The first-order chi connectivity index (χ1) is 8.93. The quantitative estimate of drug-likeness (QED) is 0.826. The van der Waals surface area contributed by atoms with Crippen LogP contribution >= 0.6 is 15.9 Å². The smallest absolute Gasteiger partial charge is 0.313 e. The Bertz CT molecular complexity index is 439. The summed E-state index contributed by atoms with van der Waals surface area (Å²) in [6, 6.07) is 4.23. The van der Waals surface area contributed by atoms with E-state index < -0.39 is 11.7 Å². The Balaban J connectivity index is 2.41. The zero-order valence-electron chi connectivity index (χ0n) is 10.7. The Labute approximate surface area is 119 Å². The number of halogens is 4. The molecule has 5 heteroatoms. The number of hydrogen-bond donors (Lipinski definition) is 1. The molecule has 0 bridgehead atoms. The van der Waals surface area contributed by atoms with Crippen molar-refractivity contribution in [3.63, 3.8) is 0 Å². The largest absolute Gasteiger partial charge is 0.416 e. The first kappa shape index (κ1) is 14.9. The Morgan fingerprint density at radius 1 is 1.26 bits per heavy atom. The molecule has 1 aromatic carbocycles. The maximum absolute atomic E-state index is 13.2. The van der Waals surface area contributed by atoms with Crippen LogP contribution in [-0.2, 0) is 6.18 Å². The predicted molar refractivity (Wildman–Crippen MR) is 72.9 cm³/mol. The summed E-state index contributed by atoms with van der Waals surface area (Å²) in [6.07, 6.45) is -0.0913. The van der Waals surface area contributed by atoms with E-state index in [0.717, 1.165) is 25.7 Å². The van der Waals surface area contributed by atoms with Crippen molar-refractivity contribution in [3.05, 3.63) is 33.8 Å². The summed E-state index contributed by atoms with van der Waals surface area (Å²) in [6.45, 7) is 0. The summed E-state index contributed by atoms with van der Waals surface area (Å²) in [4.78, 5) is 0. The molecule has 106 valence electrons. The molecule has 0 aromatic heterocycles. The van der Waals surface area contributed by atoms with Crippen molar-refractivity contribution in [2.24, 2.45) is 5.92 Å². The van der Waals surface area contributed by atoms with Crippen LogP contribution in [0.25, 0.3) is 0 Å². The van der Waals surface area contributed by atoms with Crippen molar-refractivity contribution < 1.29 is 13.2 Å². The van der Waals surface area contributed by atoms with Gasteiger partial charge in [-0.05, 0) is 43.5 Å². The van der Waals surface area contributed by atoms with Gasteiger partial charge in [-0.25, -0.2) is 0 Å². The van der Waals surface area contributed by atoms with E-state index in [9.17, 15) is 13.2 Å². The van der Waals surface area contributed by atoms with Gasteiger partial charge in [0.1, 0.15) is 0 Å². The highest BCUT2D eigenvalue weighted by Crippen LogP contribution is 2.41. The van der Waals surface area contributed by atoms with Crippen molar-refractivity contribution in [1.29, 1.82) is 0 Å². The number of rotatable bonds is 3. The van der Waals surface area contributed by atoms with Crippen LogP contribution in [-0.4, -0.2) is 7.05 Å². The normalized spacial score (nSPS) is 18.8. The third-order valence-corrected chi connectivity index (χ3v) is 4.33. The van der Waals surface area contributed by atoms with Gasteiger partial charge in [-0.15, -0.1) is 0 Å². The summed E-state index contributed by atoms with van der Waals surface area (Å²) >= 11 is 3.12. The zero-order chi connectivity index (χ0) is 14.0. The molecule has 1 unspecified atom stereocenters. The third kappa shape index (κ3) is 3.31. The number of hydrogen-bond acceptors (Lipinski definition) is 1. The molecule has 1 nitrogen and oxygen atoms in total. The predicted octanol–water partition coefficient (Wildman–Crippen LogP) is 4.92. The third-order valence-electron chi connectivity index (χ3n) is 3.84. The molecule has 0 radical (unpaired) electrons. The lowest BCUT2D eigenvalue weighted by Gasteiger charge is -2.26. The van der Waals surface area contributed by atoms with Crippen molar-refractivity contribution >= 4 is 15.9 Å². The van der Waals surface area contributed by atoms with Crippen molar-refractivity contribution in [2.75, 3.05) is 7.05 Å². The summed E-state index contributed by atoms with van der Waals surface area (Å²) in [5.41, 5.74) is -0.168. The van der Waals surface area contributed by atoms with E-state index in [-0.39, 0.29) is 6.04 Å². The second kappa shape index (κ2) is 5.83. The van der Waals surface area contributed by atoms with E-state index in [1.807, 2.05) is 0 Å². The van der Waals surface area contributed by atoms with Crippen LogP contribution in [0, 0.1) is 5.92 Å². The van der Waals surface area contributed by atoms with Gasteiger partial charge in [0.15, 0.2) is 0 Å². The van der Waals surface area contributed by atoms with E-state index in [0.29, 0.717) is 16.0 Å². The molecule has 1 fully saturated rings. The molecule has 0 spiro atoms. The van der Waals surface area contributed by atoms with E-state index in [2.05, 4.69) is 21.2 Å². The maximum Gasteiger partial charge on any atom is 0.416 e. The van der Waals surface area contributed by atoms with E-state index in [4.69, 9.17) is 0 Å². The van der Waals surface area contributed by atoms with Gasteiger partial charge in [-0.3, -0.25) is 0 Å². The standard InChI is InChI=1S/C14H17BrF3N/c1-19-13(9-4-2-3-5-9)11-7-6-10(15)8-12(11)14(16,17)18/h6-9,13,19H,2-5H2,1H3. The first-order valence-electron chi connectivity index (χ1n) is 6.47. The van der Waals surface area contributed by atoms with Crippen LogP contribution in [0.3, 0.4) is 0 Å². The van der Waals surface area contributed by atoms with Gasteiger partial charge >= 0.3 is 6.18 Å². The topological polar surface area (TPSA) is 12.0 Å². The van der Waals surface area contributed by atoms with Crippen LogP contribution in [0.1, 0.15) is 42.9 Å². The monoisotopic (exact) mass is 335 g/mol. The van der Waals surface area contributed by atoms with Gasteiger partial charge in [-0.1, -0.05) is 34.8 Å². The fraction of sp³-hybridized carbons (Fsp3) is 0.571. The van der Waals surface area contributed by atoms with Gasteiger partial charge in [0.25, 0.3) is 0 Å². The lowest BCUT2D eigenvalue weighted by molar-refractivity contribution is -0.138. The van der Waals surface area contributed by atoms with E-state index >= 15 is 0 Å². The van der Waals surface area contributed by atoms with Crippen LogP contribution in [0.5, 0.6) is 0 Å². The molecule has 1 aliphatic carbocycles. The van der Waals surface area contributed by atoms with Gasteiger partial charge in [-0.2, -0.15) is 13.2 Å². The highest BCUT2D eigenvalue weighted by Gasteiger charge is 2.37. The zero-order valence-corrected chi connectivity index (χ0v) is 12.3. The molecule has 1 aromatic rings. The summed E-state index contributed by atoms with van der Waals surface area (Å²) in [7, 11) is 1.74.